The van der Waals surface area contributed by atoms with Crippen molar-refractivity contribution in [3.05, 3.63) is 35.9 Å². The van der Waals surface area contributed by atoms with E-state index < -0.39 is 0 Å². The normalized spacial score (nSPS) is 33.5. The average molecular weight is 354 g/mol. The highest BCUT2D eigenvalue weighted by atomic mass is 16.2. The molecule has 26 heavy (non-hydrogen) atoms. The monoisotopic (exact) mass is 354 g/mol. The summed E-state index contributed by atoms with van der Waals surface area (Å²) in [5, 5.41) is 6.51. The number of amides is 2. The van der Waals surface area contributed by atoms with Crippen LogP contribution in [0.4, 0.5) is 0 Å². The number of hydrogen-bond acceptors (Lipinski definition) is 2. The third-order valence-electron chi connectivity index (χ3n) is 6.79. The van der Waals surface area contributed by atoms with Gasteiger partial charge in [0.15, 0.2) is 0 Å². The molecule has 2 amide bonds. The second kappa shape index (κ2) is 7.81. The van der Waals surface area contributed by atoms with E-state index in [2.05, 4.69) is 22.8 Å². The maximum atomic E-state index is 12.5. The molecule has 3 fully saturated rings. The van der Waals surface area contributed by atoms with E-state index in [1.54, 1.807) is 0 Å². The Bertz CT molecular complexity index is 645. The van der Waals surface area contributed by atoms with Crippen LogP contribution in [-0.4, -0.2) is 23.9 Å². The van der Waals surface area contributed by atoms with Gasteiger partial charge in [-0.15, -0.1) is 0 Å². The third-order valence-corrected chi connectivity index (χ3v) is 6.79. The van der Waals surface area contributed by atoms with Gasteiger partial charge in [-0.05, 0) is 55.9 Å². The van der Waals surface area contributed by atoms with Gasteiger partial charge in [0, 0.05) is 24.4 Å². The van der Waals surface area contributed by atoms with Crippen LogP contribution in [0.5, 0.6) is 0 Å². The van der Waals surface area contributed by atoms with Gasteiger partial charge in [-0.3, -0.25) is 9.59 Å². The molecule has 0 spiro atoms. The second-order valence-corrected chi connectivity index (χ2v) is 8.40. The summed E-state index contributed by atoms with van der Waals surface area (Å²) < 4.78 is 0. The van der Waals surface area contributed by atoms with E-state index in [0.717, 1.165) is 32.1 Å². The van der Waals surface area contributed by atoms with E-state index in [1.807, 2.05) is 18.2 Å². The molecule has 4 heteroatoms. The molecule has 3 aliphatic rings. The number of fused-ring (bicyclic) bond motifs is 3. The Labute approximate surface area is 156 Å². The maximum absolute atomic E-state index is 12.5. The quantitative estimate of drug-likeness (QED) is 0.872. The van der Waals surface area contributed by atoms with Gasteiger partial charge in [0.05, 0.1) is 0 Å². The van der Waals surface area contributed by atoms with Crippen molar-refractivity contribution in [2.45, 2.75) is 69.9 Å². The highest BCUT2D eigenvalue weighted by molar-refractivity contribution is 5.80. The van der Waals surface area contributed by atoms with Crippen molar-refractivity contribution < 1.29 is 9.59 Å². The van der Waals surface area contributed by atoms with Crippen molar-refractivity contribution in [2.24, 2.45) is 17.8 Å². The summed E-state index contributed by atoms with van der Waals surface area (Å²) in [5.41, 5.74) is 1.20. The fraction of sp³-hybridized carbons (Fsp3) is 0.636. The van der Waals surface area contributed by atoms with Gasteiger partial charge in [-0.2, -0.15) is 0 Å². The van der Waals surface area contributed by atoms with E-state index in [1.165, 1.54) is 24.8 Å². The first-order valence-electron chi connectivity index (χ1n) is 10.3. The molecule has 2 saturated carbocycles. The van der Waals surface area contributed by atoms with Gasteiger partial charge in [0.25, 0.3) is 0 Å². The van der Waals surface area contributed by atoms with Crippen LogP contribution in [0.3, 0.4) is 0 Å². The topological polar surface area (TPSA) is 58.2 Å². The minimum absolute atomic E-state index is 0.134. The molecule has 2 N–H and O–H groups in total. The summed E-state index contributed by atoms with van der Waals surface area (Å²) in [7, 11) is 0. The molecule has 1 aromatic carbocycles. The molecular weight excluding hydrogens is 324 g/mol. The van der Waals surface area contributed by atoms with Crippen LogP contribution in [0, 0.1) is 17.8 Å². The highest BCUT2D eigenvalue weighted by Crippen LogP contribution is 2.44. The van der Waals surface area contributed by atoms with Crippen LogP contribution in [0.1, 0.15) is 56.9 Å². The summed E-state index contributed by atoms with van der Waals surface area (Å²) in [6.07, 6.45) is 9.16. The predicted molar refractivity (Wildman–Crippen MR) is 101 cm³/mol. The molecule has 4 nitrogen and oxygen atoms in total. The number of benzene rings is 1. The lowest BCUT2D eigenvalue weighted by Gasteiger charge is -2.49. The van der Waals surface area contributed by atoms with Gasteiger partial charge in [-0.25, -0.2) is 0 Å². The Morgan fingerprint density at radius 1 is 1.04 bits per heavy atom. The van der Waals surface area contributed by atoms with Crippen molar-refractivity contribution in [1.82, 2.24) is 10.6 Å². The molecule has 1 saturated heterocycles. The molecule has 0 bridgehead atoms. The summed E-state index contributed by atoms with van der Waals surface area (Å²) in [6.45, 7) is 0. The average Bonchev–Trinajstić information content (AvgIpc) is 2.67. The van der Waals surface area contributed by atoms with Gasteiger partial charge in [0.2, 0.25) is 11.8 Å². The number of carbonyl (C=O) groups excluding carboxylic acids is 2. The SMILES string of the molecule is O=C(CCc1ccccc1)NC1CCC2C(C1)NC(=O)C1CCCCC12. The fourth-order valence-corrected chi connectivity index (χ4v) is 5.49. The summed E-state index contributed by atoms with van der Waals surface area (Å²) in [6, 6.07) is 10.6. The van der Waals surface area contributed by atoms with Crippen molar-refractivity contribution >= 4 is 11.8 Å². The highest BCUT2D eigenvalue weighted by Gasteiger charge is 2.46. The number of aryl methyl sites for hydroxylation is 1. The van der Waals surface area contributed by atoms with Crippen LogP contribution < -0.4 is 10.6 Å². The zero-order valence-corrected chi connectivity index (χ0v) is 15.5. The molecular formula is C22H30N2O2. The Kier molecular flexibility index (Phi) is 5.28. The van der Waals surface area contributed by atoms with Crippen LogP contribution in [0.2, 0.25) is 0 Å². The maximum Gasteiger partial charge on any atom is 0.223 e. The summed E-state index contributed by atoms with van der Waals surface area (Å²) >= 11 is 0. The van der Waals surface area contributed by atoms with E-state index in [-0.39, 0.29) is 29.8 Å². The van der Waals surface area contributed by atoms with Crippen LogP contribution in [0.25, 0.3) is 0 Å². The molecule has 5 unspecified atom stereocenters. The number of carbonyl (C=O) groups is 2. The first kappa shape index (κ1) is 17.6. The molecule has 5 atom stereocenters. The predicted octanol–water partition coefficient (Wildman–Crippen LogP) is 3.21. The lowest BCUT2D eigenvalue weighted by atomic mass is 9.63. The first-order valence-corrected chi connectivity index (χ1v) is 10.3. The molecule has 0 radical (unpaired) electrons. The Hall–Kier alpha value is -1.84. The number of hydrogen-bond donors (Lipinski definition) is 2. The van der Waals surface area contributed by atoms with Crippen LogP contribution in [-0.2, 0) is 16.0 Å². The molecule has 2 aliphatic carbocycles. The molecule has 0 aromatic heterocycles. The smallest absolute Gasteiger partial charge is 0.223 e. The number of nitrogens with one attached hydrogen (secondary N) is 2. The van der Waals surface area contributed by atoms with Gasteiger partial charge < -0.3 is 10.6 Å². The Morgan fingerprint density at radius 3 is 2.69 bits per heavy atom. The summed E-state index contributed by atoms with van der Waals surface area (Å²) in [5.74, 6) is 1.86. The molecule has 140 valence electrons. The van der Waals surface area contributed by atoms with Crippen LogP contribution >= 0.6 is 0 Å². The van der Waals surface area contributed by atoms with Crippen molar-refractivity contribution in [3.63, 3.8) is 0 Å². The van der Waals surface area contributed by atoms with Gasteiger partial charge >= 0.3 is 0 Å². The Balaban J connectivity index is 1.29. The zero-order chi connectivity index (χ0) is 17.9. The largest absolute Gasteiger partial charge is 0.353 e. The van der Waals surface area contributed by atoms with Crippen LogP contribution in [0.15, 0.2) is 30.3 Å². The summed E-state index contributed by atoms with van der Waals surface area (Å²) in [4.78, 5) is 24.8. The van der Waals surface area contributed by atoms with E-state index in [4.69, 9.17) is 0 Å². The van der Waals surface area contributed by atoms with E-state index >= 15 is 0 Å². The number of piperidine rings is 1. The van der Waals surface area contributed by atoms with Gasteiger partial charge in [-0.1, -0.05) is 43.2 Å². The van der Waals surface area contributed by atoms with E-state index in [9.17, 15) is 9.59 Å². The molecule has 1 aliphatic heterocycles. The van der Waals surface area contributed by atoms with E-state index in [0.29, 0.717) is 18.3 Å². The number of rotatable bonds is 4. The third kappa shape index (κ3) is 3.79. The Morgan fingerprint density at radius 2 is 1.85 bits per heavy atom. The molecule has 4 rings (SSSR count). The van der Waals surface area contributed by atoms with Crippen molar-refractivity contribution in [1.29, 1.82) is 0 Å². The minimum Gasteiger partial charge on any atom is -0.353 e. The minimum atomic E-state index is 0.134. The fourth-order valence-electron chi connectivity index (χ4n) is 5.49. The van der Waals surface area contributed by atoms with Crippen molar-refractivity contribution in [2.75, 3.05) is 0 Å². The second-order valence-electron chi connectivity index (χ2n) is 8.40. The zero-order valence-electron chi connectivity index (χ0n) is 15.5. The molecule has 1 aromatic rings. The first-order chi connectivity index (χ1) is 12.7. The lowest BCUT2D eigenvalue weighted by molar-refractivity contribution is -0.135. The molecule has 1 heterocycles. The van der Waals surface area contributed by atoms with Gasteiger partial charge in [0.1, 0.15) is 0 Å². The van der Waals surface area contributed by atoms with Crippen molar-refractivity contribution in [3.8, 4) is 0 Å². The lowest BCUT2D eigenvalue weighted by Crippen LogP contribution is -2.59. The standard InChI is InChI=1S/C22H30N2O2/c25-21(13-10-15-6-2-1-3-7-15)23-16-11-12-18-17-8-4-5-9-19(17)22(26)24-20(18)14-16/h1-3,6-7,16-20H,4-5,8-14H2,(H,23,25)(H,24,26).